The number of amides is 1. The Morgan fingerprint density at radius 2 is 2.00 bits per heavy atom. The lowest BCUT2D eigenvalue weighted by molar-refractivity contribution is -0.137. The summed E-state index contributed by atoms with van der Waals surface area (Å²) < 4.78 is 50.6. The van der Waals surface area contributed by atoms with Crippen molar-refractivity contribution in [2.75, 3.05) is 6.79 Å². The van der Waals surface area contributed by atoms with Crippen LogP contribution in [-0.4, -0.2) is 28.7 Å². The quantitative estimate of drug-likeness (QED) is 0.473. The second kappa shape index (κ2) is 7.95. The Morgan fingerprint density at radius 1 is 1.23 bits per heavy atom. The first-order chi connectivity index (χ1) is 14.7. The van der Waals surface area contributed by atoms with Crippen LogP contribution in [0.1, 0.15) is 27.2 Å². The molecule has 1 aromatic heterocycles. The van der Waals surface area contributed by atoms with Crippen LogP contribution in [0.2, 0.25) is 5.15 Å². The number of nitrogens with one attached hydrogen (secondary N) is 1. The van der Waals surface area contributed by atoms with E-state index in [1.165, 1.54) is 29.1 Å². The molecule has 1 N–H and O–H groups in total. The number of hydrazone groups is 1. The normalized spacial score (nSPS) is 13.1. The third-order valence-electron chi connectivity index (χ3n) is 4.46. The van der Waals surface area contributed by atoms with Crippen molar-refractivity contribution in [3.8, 4) is 17.2 Å². The van der Waals surface area contributed by atoms with E-state index in [-0.39, 0.29) is 17.6 Å². The van der Waals surface area contributed by atoms with Gasteiger partial charge in [-0.1, -0.05) is 17.7 Å². The number of benzene rings is 2. The number of aryl methyl sites for hydroxylation is 1. The highest BCUT2D eigenvalue weighted by atomic mass is 35.5. The summed E-state index contributed by atoms with van der Waals surface area (Å²) in [4.78, 5) is 12.3. The highest BCUT2D eigenvalue weighted by molar-refractivity contribution is 6.32. The molecule has 11 heteroatoms. The highest BCUT2D eigenvalue weighted by Gasteiger charge is 2.30. The van der Waals surface area contributed by atoms with Crippen molar-refractivity contribution >= 4 is 23.7 Å². The summed E-state index contributed by atoms with van der Waals surface area (Å²) in [5, 5.41) is 8.12. The number of halogens is 4. The molecule has 0 radical (unpaired) electrons. The van der Waals surface area contributed by atoms with E-state index in [1.54, 1.807) is 19.1 Å². The van der Waals surface area contributed by atoms with Gasteiger partial charge < -0.3 is 9.47 Å². The van der Waals surface area contributed by atoms with E-state index < -0.39 is 17.6 Å². The lowest BCUT2D eigenvalue weighted by atomic mass is 10.2. The van der Waals surface area contributed by atoms with Crippen LogP contribution in [0.25, 0.3) is 5.69 Å². The molecule has 160 valence electrons. The summed E-state index contributed by atoms with van der Waals surface area (Å²) in [6, 6.07) is 9.32. The summed E-state index contributed by atoms with van der Waals surface area (Å²) in [5.74, 6) is 0.510. The molecule has 3 aromatic rings. The number of fused-ring (bicyclic) bond motifs is 1. The summed E-state index contributed by atoms with van der Waals surface area (Å²) >= 11 is 6.31. The van der Waals surface area contributed by atoms with Crippen molar-refractivity contribution in [1.82, 2.24) is 15.2 Å². The van der Waals surface area contributed by atoms with E-state index in [4.69, 9.17) is 21.1 Å². The monoisotopic (exact) mass is 450 g/mol. The maximum atomic E-state index is 13.0. The molecule has 0 fully saturated rings. The molecule has 7 nitrogen and oxygen atoms in total. The molecule has 0 atom stereocenters. The molecule has 31 heavy (non-hydrogen) atoms. The number of aromatic nitrogens is 2. The topological polar surface area (TPSA) is 77.7 Å². The summed E-state index contributed by atoms with van der Waals surface area (Å²) in [6.45, 7) is 1.71. The van der Waals surface area contributed by atoms with Crippen LogP contribution in [0.15, 0.2) is 47.6 Å². The fraction of sp³-hybridized carbons (Fsp3) is 0.150. The Kier molecular flexibility index (Phi) is 5.32. The Hall–Kier alpha value is -3.53. The number of nitrogens with zero attached hydrogens (tertiary/aromatic N) is 3. The van der Waals surface area contributed by atoms with E-state index in [2.05, 4.69) is 15.6 Å². The predicted molar refractivity (Wildman–Crippen MR) is 106 cm³/mol. The van der Waals surface area contributed by atoms with Gasteiger partial charge in [-0.3, -0.25) is 4.79 Å². The molecule has 2 aromatic carbocycles. The van der Waals surface area contributed by atoms with E-state index in [0.29, 0.717) is 28.3 Å². The van der Waals surface area contributed by atoms with Crippen LogP contribution in [0, 0.1) is 6.92 Å². The number of carbonyl (C=O) groups is 1. The van der Waals surface area contributed by atoms with Gasteiger partial charge in [0.15, 0.2) is 11.5 Å². The van der Waals surface area contributed by atoms with Gasteiger partial charge in [0.25, 0.3) is 5.91 Å². The molecule has 0 unspecified atom stereocenters. The molecule has 0 saturated heterocycles. The van der Waals surface area contributed by atoms with Gasteiger partial charge in [-0.25, -0.2) is 10.1 Å². The number of hydrogen-bond donors (Lipinski definition) is 1. The molecule has 4 rings (SSSR count). The standard InChI is InChI=1S/C20H14ClF3N4O3/c1-11-15(9-25-26-19(29)12-5-6-16-17(7-12)31-10-30-16)18(21)28(27-11)14-4-2-3-13(8-14)20(22,23)24/h2-9H,10H2,1H3,(H,26,29). The van der Waals surface area contributed by atoms with Gasteiger partial charge in [-0.05, 0) is 43.3 Å². The fourth-order valence-electron chi connectivity index (χ4n) is 2.90. The average Bonchev–Trinajstić information content (AvgIpc) is 3.32. The van der Waals surface area contributed by atoms with Gasteiger partial charge in [-0.15, -0.1) is 0 Å². The first-order valence-electron chi connectivity index (χ1n) is 8.90. The molecule has 0 bridgehead atoms. The van der Waals surface area contributed by atoms with Crippen molar-refractivity contribution in [3.05, 3.63) is 70.0 Å². The predicted octanol–water partition coefficient (Wildman–Crippen LogP) is 4.35. The average molecular weight is 451 g/mol. The molecule has 1 aliphatic rings. The molecule has 0 spiro atoms. The number of hydrogen-bond acceptors (Lipinski definition) is 5. The van der Waals surface area contributed by atoms with Crippen molar-refractivity contribution in [2.24, 2.45) is 5.10 Å². The van der Waals surface area contributed by atoms with Gasteiger partial charge in [0.1, 0.15) is 5.15 Å². The zero-order valence-electron chi connectivity index (χ0n) is 15.9. The minimum Gasteiger partial charge on any atom is -0.454 e. The summed E-state index contributed by atoms with van der Waals surface area (Å²) in [6.07, 6.45) is -3.21. The Morgan fingerprint density at radius 3 is 2.77 bits per heavy atom. The smallest absolute Gasteiger partial charge is 0.416 e. The first-order valence-corrected chi connectivity index (χ1v) is 9.27. The molecule has 1 amide bonds. The highest BCUT2D eigenvalue weighted by Crippen LogP contribution is 2.33. The van der Waals surface area contributed by atoms with Crippen LogP contribution in [0.5, 0.6) is 11.5 Å². The Balaban J connectivity index is 1.53. The van der Waals surface area contributed by atoms with Crippen molar-refractivity contribution in [3.63, 3.8) is 0 Å². The maximum absolute atomic E-state index is 13.0. The molecular weight excluding hydrogens is 437 g/mol. The molecule has 0 saturated carbocycles. The second-order valence-electron chi connectivity index (χ2n) is 6.52. The van der Waals surface area contributed by atoms with Crippen molar-refractivity contribution in [2.45, 2.75) is 13.1 Å². The lowest BCUT2D eigenvalue weighted by Crippen LogP contribution is -2.17. The van der Waals surface area contributed by atoms with Crippen molar-refractivity contribution < 1.29 is 27.4 Å². The van der Waals surface area contributed by atoms with Gasteiger partial charge in [-0.2, -0.15) is 23.4 Å². The van der Waals surface area contributed by atoms with Crippen LogP contribution < -0.4 is 14.9 Å². The number of alkyl halides is 3. The van der Waals surface area contributed by atoms with Gasteiger partial charge in [0, 0.05) is 5.56 Å². The number of carbonyl (C=O) groups excluding carboxylic acids is 1. The minimum absolute atomic E-state index is 0.0536. The molecular formula is C20H14ClF3N4O3. The second-order valence-corrected chi connectivity index (χ2v) is 6.87. The van der Waals surface area contributed by atoms with E-state index >= 15 is 0 Å². The van der Waals surface area contributed by atoms with Gasteiger partial charge >= 0.3 is 6.18 Å². The molecule has 2 heterocycles. The summed E-state index contributed by atoms with van der Waals surface area (Å²) in [7, 11) is 0. The van der Waals surface area contributed by atoms with Gasteiger partial charge in [0.05, 0.1) is 28.7 Å². The first kappa shape index (κ1) is 20.7. The van der Waals surface area contributed by atoms with E-state index in [0.717, 1.165) is 12.1 Å². The number of ether oxygens (including phenoxy) is 2. The molecule has 1 aliphatic heterocycles. The van der Waals surface area contributed by atoms with Crippen molar-refractivity contribution in [1.29, 1.82) is 0 Å². The zero-order valence-corrected chi connectivity index (χ0v) is 16.7. The van der Waals surface area contributed by atoms with Crippen LogP contribution in [0.3, 0.4) is 0 Å². The largest absolute Gasteiger partial charge is 0.454 e. The Labute approximate surface area is 179 Å². The fourth-order valence-corrected chi connectivity index (χ4v) is 3.22. The Bertz CT molecular complexity index is 1190. The zero-order chi connectivity index (χ0) is 22.2. The van der Waals surface area contributed by atoms with Gasteiger partial charge in [0.2, 0.25) is 6.79 Å². The van der Waals surface area contributed by atoms with Crippen LogP contribution in [-0.2, 0) is 6.18 Å². The number of rotatable bonds is 4. The van der Waals surface area contributed by atoms with Crippen LogP contribution in [0.4, 0.5) is 13.2 Å². The SMILES string of the molecule is Cc1nn(-c2cccc(C(F)(F)F)c2)c(Cl)c1C=NNC(=O)c1ccc2c(c1)OCO2. The van der Waals surface area contributed by atoms with E-state index in [9.17, 15) is 18.0 Å². The van der Waals surface area contributed by atoms with Crippen LogP contribution >= 0.6 is 11.6 Å². The lowest BCUT2D eigenvalue weighted by Gasteiger charge is -2.09. The summed E-state index contributed by atoms with van der Waals surface area (Å²) in [5.41, 5.74) is 2.77. The third-order valence-corrected chi connectivity index (χ3v) is 4.82. The third kappa shape index (κ3) is 4.19. The molecule has 0 aliphatic carbocycles. The maximum Gasteiger partial charge on any atom is 0.416 e. The minimum atomic E-state index is -4.49. The van der Waals surface area contributed by atoms with E-state index in [1.807, 2.05) is 0 Å².